The Morgan fingerprint density at radius 3 is 2.42 bits per heavy atom. The average molecular weight is 259 g/mol. The van der Waals surface area contributed by atoms with Gasteiger partial charge in [-0.2, -0.15) is 0 Å². The average Bonchev–Trinajstić information content (AvgIpc) is 2.43. The van der Waals surface area contributed by atoms with Crippen LogP contribution in [0.5, 0.6) is 5.75 Å². The van der Waals surface area contributed by atoms with Crippen molar-refractivity contribution in [2.24, 2.45) is 5.73 Å². The van der Waals surface area contributed by atoms with E-state index in [9.17, 15) is 9.59 Å². The van der Waals surface area contributed by atoms with E-state index in [-0.39, 0.29) is 0 Å². The third-order valence-corrected chi connectivity index (χ3v) is 2.67. The molecule has 0 saturated carbocycles. The Hall–Kier alpha value is -2.56. The molecule has 0 aromatic heterocycles. The molecule has 0 fully saturated rings. The van der Waals surface area contributed by atoms with Crippen LogP contribution >= 0.6 is 0 Å². The second-order valence-corrected chi connectivity index (χ2v) is 3.90. The monoisotopic (exact) mass is 259 g/mol. The molecule has 0 heterocycles. The summed E-state index contributed by atoms with van der Waals surface area (Å²) in [7, 11) is 1.56. The topological polar surface area (TPSA) is 78.6 Å². The number of hydrogen-bond acceptors (Lipinski definition) is 4. The Bertz CT molecular complexity index is 636. The molecule has 0 unspecified atom stereocenters. The zero-order valence-corrected chi connectivity index (χ0v) is 10.4. The Labute approximate surface area is 109 Å². The Balaban J connectivity index is 2.44. The van der Waals surface area contributed by atoms with Gasteiger partial charge in [0.2, 0.25) is 0 Å². The van der Waals surface area contributed by atoms with Crippen LogP contribution in [0.1, 0.15) is 10.4 Å². The summed E-state index contributed by atoms with van der Waals surface area (Å²) in [4.78, 5) is 22.5. The molecule has 2 aromatic carbocycles. The number of methoxy groups -OCH3 is 1. The minimum absolute atomic E-state index is 0.373. The van der Waals surface area contributed by atoms with Gasteiger partial charge in [0.1, 0.15) is 5.75 Å². The summed E-state index contributed by atoms with van der Waals surface area (Å²) in [6.07, 6.45) is 0. The maximum atomic E-state index is 11.9. The summed E-state index contributed by atoms with van der Waals surface area (Å²) in [5.74, 6) is -0.606. The van der Waals surface area contributed by atoms with E-state index in [0.29, 0.717) is 16.7 Å². The van der Waals surface area contributed by atoms with Crippen molar-refractivity contribution in [3.63, 3.8) is 0 Å². The molecule has 0 saturated heterocycles. The quantitative estimate of drug-likeness (QED) is 0.844. The van der Waals surface area contributed by atoms with Gasteiger partial charge in [0.25, 0.3) is 5.91 Å². The summed E-state index contributed by atoms with van der Waals surface area (Å²) in [5.41, 5.74) is 5.31. The molecule has 98 valence electrons. The number of amides is 1. The normalized spacial score (nSPS) is 10.2. The van der Waals surface area contributed by atoms with Crippen LogP contribution in [0.2, 0.25) is 0 Å². The van der Waals surface area contributed by atoms with E-state index >= 15 is 0 Å². The predicted octanol–water partition coefficient (Wildman–Crippen LogP) is 1.49. The van der Waals surface area contributed by atoms with E-state index in [1.54, 1.807) is 25.3 Å². The minimum Gasteiger partial charge on any atom is -0.496 e. The number of carbonyl (C=O) groups excluding carboxylic acids is 2. The molecule has 0 atom stereocenters. The van der Waals surface area contributed by atoms with Crippen LogP contribution < -0.4 is 10.5 Å². The number of primary amides is 1. The van der Waals surface area contributed by atoms with E-state index < -0.39 is 18.5 Å². The number of ether oxygens (including phenoxy) is 2. The van der Waals surface area contributed by atoms with Gasteiger partial charge in [-0.3, -0.25) is 4.79 Å². The summed E-state index contributed by atoms with van der Waals surface area (Å²) in [5, 5.41) is 1.51. The fraction of sp³-hybridized carbons (Fsp3) is 0.143. The first-order chi connectivity index (χ1) is 9.13. The number of esters is 1. The van der Waals surface area contributed by atoms with Gasteiger partial charge < -0.3 is 15.2 Å². The molecule has 5 heteroatoms. The SMILES string of the molecule is COc1ccc(C(=O)OCC(N)=O)c2ccccc12. The van der Waals surface area contributed by atoms with Gasteiger partial charge in [0.05, 0.1) is 12.7 Å². The minimum atomic E-state index is -0.689. The zero-order valence-electron chi connectivity index (χ0n) is 10.4. The van der Waals surface area contributed by atoms with Crippen molar-refractivity contribution in [3.05, 3.63) is 42.0 Å². The number of hydrogen-bond donors (Lipinski definition) is 1. The van der Waals surface area contributed by atoms with Gasteiger partial charge in [-0.05, 0) is 17.5 Å². The molecule has 0 aliphatic heterocycles. The molecule has 0 aliphatic carbocycles. The van der Waals surface area contributed by atoms with Crippen LogP contribution in [0.15, 0.2) is 36.4 Å². The maximum Gasteiger partial charge on any atom is 0.339 e. The molecule has 0 spiro atoms. The highest BCUT2D eigenvalue weighted by molar-refractivity contribution is 6.06. The highest BCUT2D eigenvalue weighted by Gasteiger charge is 2.14. The highest BCUT2D eigenvalue weighted by atomic mass is 16.5. The van der Waals surface area contributed by atoms with Crippen LogP contribution in [0, 0.1) is 0 Å². The van der Waals surface area contributed by atoms with Gasteiger partial charge in [-0.15, -0.1) is 0 Å². The van der Waals surface area contributed by atoms with Crippen LogP contribution in [-0.4, -0.2) is 25.6 Å². The van der Waals surface area contributed by atoms with E-state index in [1.807, 2.05) is 18.2 Å². The summed E-state index contributed by atoms with van der Waals surface area (Å²) >= 11 is 0. The summed E-state index contributed by atoms with van der Waals surface area (Å²) in [6.45, 7) is -0.431. The molecule has 1 amide bonds. The third-order valence-electron chi connectivity index (χ3n) is 2.67. The molecule has 0 radical (unpaired) electrons. The fourth-order valence-corrected chi connectivity index (χ4v) is 1.84. The second kappa shape index (κ2) is 5.39. The van der Waals surface area contributed by atoms with E-state index in [0.717, 1.165) is 5.39 Å². The number of fused-ring (bicyclic) bond motifs is 1. The molecule has 0 aliphatic rings. The van der Waals surface area contributed by atoms with Crippen LogP contribution in [0.25, 0.3) is 10.8 Å². The van der Waals surface area contributed by atoms with Crippen molar-refractivity contribution in [3.8, 4) is 5.75 Å². The van der Waals surface area contributed by atoms with E-state index in [1.165, 1.54) is 0 Å². The van der Waals surface area contributed by atoms with Crippen LogP contribution in [-0.2, 0) is 9.53 Å². The van der Waals surface area contributed by atoms with Gasteiger partial charge in [-0.25, -0.2) is 4.79 Å². The number of carbonyl (C=O) groups is 2. The Morgan fingerprint density at radius 2 is 1.79 bits per heavy atom. The number of benzene rings is 2. The third kappa shape index (κ3) is 2.65. The predicted molar refractivity (Wildman–Crippen MR) is 70.0 cm³/mol. The second-order valence-electron chi connectivity index (χ2n) is 3.90. The first-order valence-corrected chi connectivity index (χ1v) is 5.64. The maximum absolute atomic E-state index is 11.9. The van der Waals surface area contributed by atoms with Crippen LogP contribution in [0.3, 0.4) is 0 Å². The largest absolute Gasteiger partial charge is 0.496 e. The summed E-state index contributed by atoms with van der Waals surface area (Å²) in [6, 6.07) is 10.6. The molecule has 2 rings (SSSR count). The lowest BCUT2D eigenvalue weighted by molar-refractivity contribution is -0.121. The first kappa shape index (κ1) is 12.9. The van der Waals surface area contributed by atoms with Gasteiger partial charge in [-0.1, -0.05) is 24.3 Å². The molecule has 2 N–H and O–H groups in total. The summed E-state index contributed by atoms with van der Waals surface area (Å²) < 4.78 is 10.1. The van der Waals surface area contributed by atoms with E-state index in [2.05, 4.69) is 0 Å². The Morgan fingerprint density at radius 1 is 1.11 bits per heavy atom. The van der Waals surface area contributed by atoms with Crippen molar-refractivity contribution in [1.82, 2.24) is 0 Å². The molecule has 0 bridgehead atoms. The standard InChI is InChI=1S/C14H13NO4/c1-18-12-7-6-11(14(17)19-8-13(15)16)9-4-2-3-5-10(9)12/h2-7H,8H2,1H3,(H2,15,16). The van der Waals surface area contributed by atoms with E-state index in [4.69, 9.17) is 15.2 Å². The van der Waals surface area contributed by atoms with Gasteiger partial charge >= 0.3 is 5.97 Å². The van der Waals surface area contributed by atoms with Gasteiger partial charge in [0.15, 0.2) is 6.61 Å². The lowest BCUT2D eigenvalue weighted by Crippen LogP contribution is -2.21. The van der Waals surface area contributed by atoms with Gasteiger partial charge in [0, 0.05) is 5.39 Å². The first-order valence-electron chi connectivity index (χ1n) is 5.64. The van der Waals surface area contributed by atoms with Crippen molar-refractivity contribution in [2.45, 2.75) is 0 Å². The highest BCUT2D eigenvalue weighted by Crippen LogP contribution is 2.28. The molecule has 19 heavy (non-hydrogen) atoms. The van der Waals surface area contributed by atoms with Crippen LogP contribution in [0.4, 0.5) is 0 Å². The molecular weight excluding hydrogens is 246 g/mol. The Kier molecular flexibility index (Phi) is 3.66. The van der Waals surface area contributed by atoms with Crippen molar-refractivity contribution in [1.29, 1.82) is 0 Å². The zero-order chi connectivity index (χ0) is 13.8. The fourth-order valence-electron chi connectivity index (χ4n) is 1.84. The molecule has 5 nitrogen and oxygen atoms in total. The smallest absolute Gasteiger partial charge is 0.339 e. The lowest BCUT2D eigenvalue weighted by atomic mass is 10.0. The molecular formula is C14H13NO4. The van der Waals surface area contributed by atoms with Crippen molar-refractivity contribution in [2.75, 3.05) is 13.7 Å². The van der Waals surface area contributed by atoms with Crippen molar-refractivity contribution >= 4 is 22.6 Å². The number of rotatable bonds is 4. The number of nitrogens with two attached hydrogens (primary N) is 1. The van der Waals surface area contributed by atoms with Crippen molar-refractivity contribution < 1.29 is 19.1 Å². The molecule has 2 aromatic rings. The lowest BCUT2D eigenvalue weighted by Gasteiger charge is -2.09.